The Morgan fingerprint density at radius 3 is 1.04 bits per heavy atom. The first-order chi connectivity index (χ1) is 55.3. The van der Waals surface area contributed by atoms with Gasteiger partial charge in [0.25, 0.3) is 0 Å². The number of aromatic hydroxyl groups is 3. The summed E-state index contributed by atoms with van der Waals surface area (Å²) in [5.74, 6) is 5.38. The first-order valence-electron chi connectivity index (χ1n) is 40.7. The van der Waals surface area contributed by atoms with E-state index in [0.29, 0.717) is 84.6 Å². The van der Waals surface area contributed by atoms with Gasteiger partial charge < -0.3 is 74.0 Å². The van der Waals surface area contributed by atoms with Crippen LogP contribution in [0.15, 0.2) is 147 Å². The van der Waals surface area contributed by atoms with Crippen LogP contribution in [-0.2, 0) is 53.3 Å². The molecule has 0 aliphatic carbocycles. The molecule has 25 nitrogen and oxygen atoms in total. The second-order valence-corrected chi connectivity index (χ2v) is 30.9. The third-order valence-electron chi connectivity index (χ3n) is 23.9. The minimum Gasteiger partial charge on any atom is -0.508 e. The molecule has 0 saturated carbocycles. The number of amides is 3. The lowest BCUT2D eigenvalue weighted by atomic mass is 10.0. The van der Waals surface area contributed by atoms with E-state index in [4.69, 9.17) is 34.6 Å². The molecule has 3 N–H and O–H groups in total. The van der Waals surface area contributed by atoms with Crippen molar-refractivity contribution in [3.8, 4) is 23.3 Å². The van der Waals surface area contributed by atoms with Crippen molar-refractivity contribution in [2.45, 2.75) is 90.3 Å². The summed E-state index contributed by atoms with van der Waals surface area (Å²) in [6, 6.07) is 36.0. The van der Waals surface area contributed by atoms with Gasteiger partial charge in [0, 0.05) is 199 Å². The van der Waals surface area contributed by atoms with E-state index in [9.17, 15) is 29.7 Å². The highest BCUT2D eigenvalue weighted by molar-refractivity contribution is 5.98. The number of nitrogens with zero attached hydrogens (tertiary/aromatic N) is 18. The number of piperazine rings is 3. The fourth-order valence-electron chi connectivity index (χ4n) is 17.8. The number of rotatable bonds is 15. The molecule has 0 bridgehead atoms. The molecule has 25 heteroatoms. The van der Waals surface area contributed by atoms with Gasteiger partial charge >= 0.3 is 6.01 Å². The number of carbonyl (C=O) groups is 3. The van der Waals surface area contributed by atoms with E-state index in [1.54, 1.807) is 0 Å². The van der Waals surface area contributed by atoms with E-state index in [0.717, 1.165) is 212 Å². The number of likely N-dealkylation sites (tertiary alicyclic amines) is 1. The van der Waals surface area contributed by atoms with Crippen LogP contribution in [0.2, 0.25) is 0 Å². The predicted molar refractivity (Wildman–Crippen MR) is 447 cm³/mol. The van der Waals surface area contributed by atoms with Crippen molar-refractivity contribution in [2.75, 3.05) is 190 Å². The molecule has 6 saturated heterocycles. The topological polar surface area (TPSA) is 237 Å². The summed E-state index contributed by atoms with van der Waals surface area (Å²) < 4.78 is 6.19. The molecule has 18 rings (SSSR count). The molecule has 3 amide bonds. The van der Waals surface area contributed by atoms with Gasteiger partial charge in [-0.15, -0.1) is 0 Å². The molecule has 9 aliphatic rings. The Labute approximate surface area is 661 Å². The number of hydrogen-bond acceptors (Lipinski definition) is 22. The summed E-state index contributed by atoms with van der Waals surface area (Å²) >= 11 is 0. The van der Waals surface area contributed by atoms with Gasteiger partial charge in [-0.3, -0.25) is 19.3 Å². The number of piperidine rings is 2. The van der Waals surface area contributed by atoms with E-state index in [1.807, 2.05) is 106 Å². The van der Waals surface area contributed by atoms with Gasteiger partial charge in [0.2, 0.25) is 29.6 Å². The van der Waals surface area contributed by atoms with Crippen LogP contribution in [0.25, 0.3) is 32.3 Å². The van der Waals surface area contributed by atoms with Gasteiger partial charge in [-0.25, -0.2) is 9.97 Å². The van der Waals surface area contributed by atoms with Crippen molar-refractivity contribution in [1.29, 1.82) is 0 Å². The van der Waals surface area contributed by atoms with E-state index in [-0.39, 0.29) is 35.0 Å². The van der Waals surface area contributed by atoms with Crippen LogP contribution in [0.3, 0.4) is 0 Å². The maximum atomic E-state index is 12.1. The van der Waals surface area contributed by atoms with Crippen molar-refractivity contribution in [3.63, 3.8) is 0 Å². The van der Waals surface area contributed by atoms with Gasteiger partial charge in [-0.05, 0) is 130 Å². The number of ether oxygens (including phenoxy) is 1. The highest BCUT2D eigenvalue weighted by Gasteiger charge is 2.35. The fraction of sp³-hybridized carbons (Fsp3) is 0.420. The number of hydrogen-bond donors (Lipinski definition) is 3. The van der Waals surface area contributed by atoms with Crippen molar-refractivity contribution in [2.24, 2.45) is 0 Å². The van der Waals surface area contributed by atoms with Crippen LogP contribution >= 0.6 is 0 Å². The molecular weight excluding hydrogens is 1420 g/mol. The molecule has 0 unspecified atom stereocenters. The lowest BCUT2D eigenvalue weighted by Gasteiger charge is -2.39. The molecular formula is C88H104N18O7. The van der Waals surface area contributed by atoms with E-state index in [2.05, 4.69) is 82.0 Å². The molecule has 3 aromatic heterocycles. The predicted octanol–water partition coefficient (Wildman–Crippen LogP) is 10.7. The zero-order valence-electron chi connectivity index (χ0n) is 64.9. The van der Waals surface area contributed by atoms with Crippen LogP contribution < -0.4 is 43.9 Å². The van der Waals surface area contributed by atoms with Gasteiger partial charge in [-0.2, -0.15) is 19.9 Å². The van der Waals surface area contributed by atoms with Crippen molar-refractivity contribution >= 4 is 96.5 Å². The molecule has 12 heterocycles. The Morgan fingerprint density at radius 2 is 0.681 bits per heavy atom. The summed E-state index contributed by atoms with van der Waals surface area (Å²) in [5.41, 5.74) is 9.73. The average molecular weight is 1530 g/mol. The first-order valence-corrected chi connectivity index (χ1v) is 40.7. The number of fused-ring (bicyclic) bond motifs is 6. The third kappa shape index (κ3) is 16.7. The van der Waals surface area contributed by atoms with Gasteiger partial charge in [0.05, 0.1) is 36.7 Å². The van der Waals surface area contributed by atoms with Crippen molar-refractivity contribution in [1.82, 2.24) is 49.5 Å². The smallest absolute Gasteiger partial charge is 0.318 e. The number of benzene rings is 6. The number of anilines is 8. The normalized spacial score (nSPS) is 18.1. The Hall–Kier alpha value is -11.5. The second kappa shape index (κ2) is 34.2. The van der Waals surface area contributed by atoms with Crippen LogP contribution in [0.5, 0.6) is 23.3 Å². The van der Waals surface area contributed by atoms with Crippen LogP contribution in [0, 0.1) is 0 Å². The Balaban J connectivity index is 0.000000128. The lowest BCUT2D eigenvalue weighted by molar-refractivity contribution is -0.127. The zero-order chi connectivity index (χ0) is 77.5. The number of phenols is 3. The Kier molecular flexibility index (Phi) is 22.9. The van der Waals surface area contributed by atoms with E-state index >= 15 is 0 Å². The minimum absolute atomic E-state index is 0.00708. The molecule has 9 aliphatic heterocycles. The van der Waals surface area contributed by atoms with E-state index < -0.39 is 0 Å². The average Bonchev–Trinajstić information content (AvgIpc) is 1.53. The Morgan fingerprint density at radius 1 is 0.354 bits per heavy atom. The van der Waals surface area contributed by atoms with Crippen molar-refractivity contribution < 1.29 is 34.4 Å². The second-order valence-electron chi connectivity index (χ2n) is 30.9. The van der Waals surface area contributed by atoms with E-state index in [1.165, 1.54) is 80.7 Å². The maximum Gasteiger partial charge on any atom is 0.318 e. The number of phenolic OH excluding ortho intramolecular Hbond substituents is 3. The molecule has 588 valence electrons. The standard InChI is InChI=1S/C31H38N6O3.C29H34N6O2.C28H32N6O2/c1-2-29(39)35-14-16-36(17-15-35)30-26-10-13-37(28-21-24(38)20-23-8-4-5-9-25(23)28)22-27(26)32-31(33-30)40-19-18-34-11-6-3-7-12-34;1-2-27(37)32-14-16-33(17-15-32)28-24-10-13-35(26-19-22(36)18-21-8-4-5-9-23(21)26)20-25(24)30-29(31-28)34-11-6-3-7-12-34;1-2-26(36)31-13-15-32(16-14-31)27-23-9-12-34(19-24(23)29-28(30-27)33-10-5-6-11-33)25-18-21(35)17-20-7-3-4-8-22(20)25/h2,4-5,8-9,20-21,38H,1,3,6-7,10-19,22H2;2,4-5,8-9,18-19,36H,1,3,6-7,10-17,20H2;2-4,7-8,17-18,35H,1,5-6,9-16,19H2. The fourth-order valence-corrected chi connectivity index (χ4v) is 17.8. The molecule has 113 heavy (non-hydrogen) atoms. The van der Waals surface area contributed by atoms with Gasteiger partial charge in [-0.1, -0.05) is 99.0 Å². The molecule has 6 fully saturated rings. The van der Waals surface area contributed by atoms with Crippen LogP contribution in [-0.4, -0.2) is 233 Å². The molecule has 6 aromatic carbocycles. The molecule has 0 radical (unpaired) electrons. The molecule has 0 spiro atoms. The summed E-state index contributed by atoms with van der Waals surface area (Å²) in [6.07, 6.45) is 16.4. The summed E-state index contributed by atoms with van der Waals surface area (Å²) in [6.45, 7) is 31.3. The largest absolute Gasteiger partial charge is 0.508 e. The SMILES string of the molecule is C=CC(=O)N1CCN(c2nc(N3CCCC3)nc3c2CCN(c2cc(O)cc4ccccc24)C3)CC1.C=CC(=O)N1CCN(c2nc(N3CCCCC3)nc3c2CCN(c2cc(O)cc4ccccc24)C3)CC1.C=CC(=O)N1CCN(c2nc(OCCN3CCCCC3)nc3c2CCN(c2cc(O)cc4ccccc24)C3)CC1. The molecule has 9 aromatic rings. The third-order valence-corrected chi connectivity index (χ3v) is 23.9. The van der Waals surface area contributed by atoms with Gasteiger partial charge in [0.1, 0.15) is 41.3 Å². The summed E-state index contributed by atoms with van der Waals surface area (Å²) in [4.78, 5) is 93.2. The monoisotopic (exact) mass is 1520 g/mol. The first kappa shape index (κ1) is 75.6. The van der Waals surface area contributed by atoms with Crippen LogP contribution in [0.4, 0.5) is 46.4 Å². The minimum atomic E-state index is -0.0277. The lowest BCUT2D eigenvalue weighted by Crippen LogP contribution is -2.49. The van der Waals surface area contributed by atoms with Crippen molar-refractivity contribution in [3.05, 3.63) is 181 Å². The Bertz CT molecular complexity index is 5000. The zero-order valence-corrected chi connectivity index (χ0v) is 64.9. The summed E-state index contributed by atoms with van der Waals surface area (Å²) in [7, 11) is 0. The highest BCUT2D eigenvalue weighted by Crippen LogP contribution is 2.42. The summed E-state index contributed by atoms with van der Waals surface area (Å²) in [5, 5.41) is 37.8. The number of aromatic nitrogens is 6. The quantitative estimate of drug-likeness (QED) is 0.0809. The van der Waals surface area contributed by atoms with Gasteiger partial charge in [0.15, 0.2) is 0 Å². The van der Waals surface area contributed by atoms with Crippen LogP contribution in [0.1, 0.15) is 85.1 Å². The molecule has 0 atom stereocenters. The number of carbonyl (C=O) groups excluding carboxylic acids is 3. The maximum absolute atomic E-state index is 12.1. The highest BCUT2D eigenvalue weighted by atomic mass is 16.5.